The van der Waals surface area contributed by atoms with E-state index in [9.17, 15) is 9.59 Å². The number of anilines is 1. The second kappa shape index (κ2) is 8.48. The first kappa shape index (κ1) is 17.2. The summed E-state index contributed by atoms with van der Waals surface area (Å²) in [6.07, 6.45) is 0.326. The van der Waals surface area contributed by atoms with Crippen molar-refractivity contribution >= 4 is 33.3 Å². The summed E-state index contributed by atoms with van der Waals surface area (Å²) in [4.78, 5) is 24.0. The van der Waals surface area contributed by atoms with E-state index in [-0.39, 0.29) is 24.5 Å². The Morgan fingerprint density at radius 2 is 1.83 bits per heavy atom. The maximum atomic E-state index is 12.1. The van der Waals surface area contributed by atoms with E-state index in [1.807, 2.05) is 25.1 Å². The average Bonchev–Trinajstić information content (AvgIpc) is 2.54. The second-order valence-electron chi connectivity index (χ2n) is 4.94. The zero-order valence-electron chi connectivity index (χ0n) is 12.8. The smallest absolute Gasteiger partial charge is 0.224 e. The average molecular weight is 376 g/mol. The van der Waals surface area contributed by atoms with Gasteiger partial charge in [-0.15, -0.1) is 0 Å². The van der Waals surface area contributed by atoms with E-state index in [2.05, 4.69) is 21.2 Å². The summed E-state index contributed by atoms with van der Waals surface area (Å²) in [6.45, 7) is 2.49. The van der Waals surface area contributed by atoms with Crippen LogP contribution in [0.2, 0.25) is 0 Å². The third-order valence-corrected chi connectivity index (χ3v) is 3.67. The Balaban J connectivity index is 1.84. The summed E-state index contributed by atoms with van der Waals surface area (Å²) in [5.74, 6) is 0.497. The van der Waals surface area contributed by atoms with E-state index in [1.54, 1.807) is 30.3 Å². The van der Waals surface area contributed by atoms with Gasteiger partial charge in [-0.25, -0.2) is 0 Å². The standard InChI is InChI=1S/C18H18BrNO3/c1-2-23-16-8-6-13(7-9-16)17(21)10-11-18(22)20-15-5-3-4-14(19)12-15/h3-9,12H,2,10-11H2,1H3,(H,20,22). The van der Waals surface area contributed by atoms with Gasteiger partial charge in [0.25, 0.3) is 0 Å². The summed E-state index contributed by atoms with van der Waals surface area (Å²) in [5.41, 5.74) is 1.29. The topological polar surface area (TPSA) is 55.4 Å². The van der Waals surface area contributed by atoms with Gasteiger partial charge in [-0.2, -0.15) is 0 Å². The fourth-order valence-corrected chi connectivity index (χ4v) is 2.46. The number of carbonyl (C=O) groups is 2. The highest BCUT2D eigenvalue weighted by atomic mass is 79.9. The number of Topliss-reactive ketones (excluding diaryl/α,β-unsaturated/α-hetero) is 1. The van der Waals surface area contributed by atoms with Gasteiger partial charge in [0, 0.05) is 28.6 Å². The van der Waals surface area contributed by atoms with Crippen LogP contribution in [0, 0.1) is 0 Å². The number of hydrogen-bond donors (Lipinski definition) is 1. The summed E-state index contributed by atoms with van der Waals surface area (Å²) in [7, 11) is 0. The van der Waals surface area contributed by atoms with Crippen molar-refractivity contribution in [3.8, 4) is 5.75 Å². The van der Waals surface area contributed by atoms with Crippen LogP contribution < -0.4 is 10.1 Å². The monoisotopic (exact) mass is 375 g/mol. The molecule has 120 valence electrons. The molecule has 0 aliphatic carbocycles. The molecule has 2 rings (SSSR count). The predicted molar refractivity (Wildman–Crippen MR) is 93.9 cm³/mol. The molecule has 2 aromatic rings. The number of halogens is 1. The molecule has 0 radical (unpaired) electrons. The summed E-state index contributed by atoms with van der Waals surface area (Å²) >= 11 is 3.35. The van der Waals surface area contributed by atoms with Crippen LogP contribution in [0.4, 0.5) is 5.69 Å². The number of carbonyl (C=O) groups excluding carboxylic acids is 2. The molecule has 1 N–H and O–H groups in total. The first-order valence-electron chi connectivity index (χ1n) is 7.40. The molecule has 0 aliphatic heterocycles. The van der Waals surface area contributed by atoms with Crippen LogP contribution in [-0.2, 0) is 4.79 Å². The quantitative estimate of drug-likeness (QED) is 0.727. The highest BCUT2D eigenvalue weighted by molar-refractivity contribution is 9.10. The molecule has 1 amide bonds. The fraction of sp³-hybridized carbons (Fsp3) is 0.222. The van der Waals surface area contributed by atoms with Crippen molar-refractivity contribution in [1.29, 1.82) is 0 Å². The van der Waals surface area contributed by atoms with E-state index in [1.165, 1.54) is 0 Å². The van der Waals surface area contributed by atoms with Gasteiger partial charge < -0.3 is 10.1 Å². The van der Waals surface area contributed by atoms with Crippen molar-refractivity contribution in [2.24, 2.45) is 0 Å². The number of ketones is 1. The molecule has 2 aromatic carbocycles. The van der Waals surface area contributed by atoms with Crippen molar-refractivity contribution in [3.05, 3.63) is 58.6 Å². The first-order chi connectivity index (χ1) is 11.1. The van der Waals surface area contributed by atoms with E-state index >= 15 is 0 Å². The van der Waals surface area contributed by atoms with Crippen molar-refractivity contribution in [1.82, 2.24) is 0 Å². The Labute approximate surface area is 144 Å². The van der Waals surface area contributed by atoms with E-state index in [4.69, 9.17) is 4.74 Å². The van der Waals surface area contributed by atoms with Gasteiger partial charge in [-0.1, -0.05) is 22.0 Å². The SMILES string of the molecule is CCOc1ccc(C(=O)CCC(=O)Nc2cccc(Br)c2)cc1. The van der Waals surface area contributed by atoms with Gasteiger partial charge in [-0.05, 0) is 49.4 Å². The maximum absolute atomic E-state index is 12.1. The Morgan fingerprint density at radius 1 is 1.09 bits per heavy atom. The largest absolute Gasteiger partial charge is 0.494 e. The molecule has 0 atom stereocenters. The lowest BCUT2D eigenvalue weighted by atomic mass is 10.1. The molecule has 0 aromatic heterocycles. The van der Waals surface area contributed by atoms with Gasteiger partial charge in [0.2, 0.25) is 5.91 Å². The minimum atomic E-state index is -0.178. The number of ether oxygens (including phenoxy) is 1. The third kappa shape index (κ3) is 5.53. The van der Waals surface area contributed by atoms with E-state index < -0.39 is 0 Å². The van der Waals surface area contributed by atoms with Crippen LogP contribution in [0.1, 0.15) is 30.1 Å². The van der Waals surface area contributed by atoms with Crippen LogP contribution in [0.15, 0.2) is 53.0 Å². The Bertz CT molecular complexity index is 683. The summed E-state index contributed by atoms with van der Waals surface area (Å²) in [5, 5.41) is 2.77. The van der Waals surface area contributed by atoms with E-state index in [0.29, 0.717) is 17.9 Å². The maximum Gasteiger partial charge on any atom is 0.224 e. The van der Waals surface area contributed by atoms with Gasteiger partial charge in [0.1, 0.15) is 5.75 Å². The number of amides is 1. The molecular formula is C18H18BrNO3. The molecule has 0 spiro atoms. The zero-order chi connectivity index (χ0) is 16.7. The molecule has 0 heterocycles. The first-order valence-corrected chi connectivity index (χ1v) is 8.19. The predicted octanol–water partition coefficient (Wildman–Crippen LogP) is 4.45. The number of nitrogens with one attached hydrogen (secondary N) is 1. The third-order valence-electron chi connectivity index (χ3n) is 3.17. The molecule has 0 saturated carbocycles. The molecule has 0 saturated heterocycles. The zero-order valence-corrected chi connectivity index (χ0v) is 14.4. The lowest BCUT2D eigenvalue weighted by Crippen LogP contribution is -2.13. The molecule has 0 fully saturated rings. The Kier molecular flexibility index (Phi) is 6.35. The molecule has 4 nitrogen and oxygen atoms in total. The van der Waals surface area contributed by atoms with Crippen LogP contribution >= 0.6 is 15.9 Å². The van der Waals surface area contributed by atoms with Gasteiger partial charge >= 0.3 is 0 Å². The minimum Gasteiger partial charge on any atom is -0.494 e. The van der Waals surface area contributed by atoms with Gasteiger partial charge in [0.15, 0.2) is 5.78 Å². The van der Waals surface area contributed by atoms with Gasteiger partial charge in [-0.3, -0.25) is 9.59 Å². The summed E-state index contributed by atoms with van der Waals surface area (Å²) in [6, 6.07) is 14.3. The highest BCUT2D eigenvalue weighted by Gasteiger charge is 2.10. The Morgan fingerprint density at radius 3 is 2.48 bits per heavy atom. The normalized spacial score (nSPS) is 10.2. The molecule has 0 aliphatic rings. The lowest BCUT2D eigenvalue weighted by molar-refractivity contribution is -0.116. The molecule has 5 heteroatoms. The van der Waals surface area contributed by atoms with Crippen LogP contribution in [0.5, 0.6) is 5.75 Å². The van der Waals surface area contributed by atoms with Crippen molar-refractivity contribution < 1.29 is 14.3 Å². The second-order valence-corrected chi connectivity index (χ2v) is 5.85. The van der Waals surface area contributed by atoms with Crippen LogP contribution in [0.3, 0.4) is 0 Å². The van der Waals surface area contributed by atoms with E-state index in [0.717, 1.165) is 10.2 Å². The molecule has 23 heavy (non-hydrogen) atoms. The molecule has 0 bridgehead atoms. The Hall–Kier alpha value is -2.14. The van der Waals surface area contributed by atoms with Crippen molar-refractivity contribution in [2.45, 2.75) is 19.8 Å². The minimum absolute atomic E-state index is 0.0579. The van der Waals surface area contributed by atoms with Crippen LogP contribution in [-0.4, -0.2) is 18.3 Å². The van der Waals surface area contributed by atoms with Crippen molar-refractivity contribution in [2.75, 3.05) is 11.9 Å². The fourth-order valence-electron chi connectivity index (χ4n) is 2.06. The van der Waals surface area contributed by atoms with Gasteiger partial charge in [0.05, 0.1) is 6.61 Å². The highest BCUT2D eigenvalue weighted by Crippen LogP contribution is 2.17. The molecule has 0 unspecified atom stereocenters. The van der Waals surface area contributed by atoms with Crippen molar-refractivity contribution in [3.63, 3.8) is 0 Å². The molecular weight excluding hydrogens is 358 g/mol. The van der Waals surface area contributed by atoms with Crippen LogP contribution in [0.25, 0.3) is 0 Å². The summed E-state index contributed by atoms with van der Waals surface area (Å²) < 4.78 is 6.23. The number of benzene rings is 2. The lowest BCUT2D eigenvalue weighted by Gasteiger charge is -2.06. The number of rotatable bonds is 7. The number of hydrogen-bond acceptors (Lipinski definition) is 3.